The number of aryl methyl sites for hydroxylation is 1. The topological polar surface area (TPSA) is 148 Å². The molecule has 10 rings (SSSR count). The number of benzene rings is 5. The highest BCUT2D eigenvalue weighted by atomic mass is 16.7. The van der Waals surface area contributed by atoms with E-state index in [2.05, 4.69) is 24.3 Å². The Bertz CT molecular complexity index is 2620. The van der Waals surface area contributed by atoms with E-state index in [0.717, 1.165) is 33.4 Å². The van der Waals surface area contributed by atoms with Crippen LogP contribution in [0.25, 0.3) is 11.1 Å². The molecule has 4 atom stereocenters. The summed E-state index contributed by atoms with van der Waals surface area (Å²) in [6.07, 6.45) is -0.109. The minimum atomic E-state index is -1.06. The van der Waals surface area contributed by atoms with Gasteiger partial charge >= 0.3 is 6.09 Å². The average molecular weight is 838 g/mol. The van der Waals surface area contributed by atoms with Crippen molar-refractivity contribution in [1.82, 2.24) is 14.7 Å². The molecule has 5 aliphatic rings. The van der Waals surface area contributed by atoms with E-state index >= 15 is 4.79 Å². The van der Waals surface area contributed by atoms with Gasteiger partial charge in [-0.05, 0) is 79.3 Å². The Morgan fingerprint density at radius 1 is 0.806 bits per heavy atom. The van der Waals surface area contributed by atoms with E-state index < -0.39 is 42.1 Å². The van der Waals surface area contributed by atoms with Crippen LogP contribution in [0.15, 0.2) is 78.9 Å². The molecule has 13 nitrogen and oxygen atoms in total. The number of phenols is 1. The van der Waals surface area contributed by atoms with Crippen molar-refractivity contribution in [3.8, 4) is 39.9 Å². The lowest BCUT2D eigenvalue weighted by Crippen LogP contribution is -2.58. The summed E-state index contributed by atoms with van der Waals surface area (Å²) in [5.41, 5.74) is 8.73. The van der Waals surface area contributed by atoms with Crippen molar-refractivity contribution in [2.24, 2.45) is 0 Å². The standard InChI is InChI=1S/C49H47N3O10/c1-25-18-27-19-28(22-53)50(3)41(39(27)42(54)43(25)58-4)37-20-35-40(46-45(61-24-62-46)26(2)44(35)59-5)38(21-51-47(55)33-16-10-11-17-34(33)48(51)56)52(37)49(57)60-23-36-31-14-8-6-12-29(31)30-13-7-9-15-32(30)36/h6-18,28,36-38,41,53-54H,19-24H2,1-5H3/t28-,37-,38-,41-/m0/s1. The summed E-state index contributed by atoms with van der Waals surface area (Å²) in [5.74, 6) is 0.316. The van der Waals surface area contributed by atoms with Crippen LogP contribution in [0.4, 0.5) is 4.79 Å². The van der Waals surface area contributed by atoms with Crippen molar-refractivity contribution in [3.05, 3.63) is 134 Å². The Labute approximate surface area is 358 Å². The van der Waals surface area contributed by atoms with Crippen molar-refractivity contribution >= 4 is 17.9 Å². The summed E-state index contributed by atoms with van der Waals surface area (Å²) in [6, 6.07) is 21.7. The van der Waals surface area contributed by atoms with Crippen molar-refractivity contribution in [1.29, 1.82) is 0 Å². The molecule has 13 heteroatoms. The first kappa shape index (κ1) is 39.6. The second kappa shape index (κ2) is 15.1. The van der Waals surface area contributed by atoms with Gasteiger partial charge < -0.3 is 33.9 Å². The molecule has 0 spiro atoms. The highest BCUT2D eigenvalue weighted by Gasteiger charge is 2.53. The molecule has 0 bridgehead atoms. The van der Waals surface area contributed by atoms with E-state index in [1.165, 1.54) is 12.0 Å². The SMILES string of the molecule is COc1c(C)cc2c(c1O)[C@H]([C@@H]1Cc3c(OC)c(C)c4c(c3[C@H](CN3C(=O)c5ccccc5C3=O)N1C(=O)OCC1c3ccccc3-c3ccccc31)OCO4)N(C)[C@H](CO)C2. The predicted molar refractivity (Wildman–Crippen MR) is 227 cm³/mol. The quantitative estimate of drug-likeness (QED) is 0.158. The molecular formula is C49H47N3O10. The second-order valence-corrected chi connectivity index (χ2v) is 16.7. The van der Waals surface area contributed by atoms with Crippen molar-refractivity contribution < 1.29 is 48.3 Å². The highest BCUT2D eigenvalue weighted by molar-refractivity contribution is 6.21. The minimum absolute atomic E-state index is 0.00770. The summed E-state index contributed by atoms with van der Waals surface area (Å²) in [6.45, 7) is 3.17. The van der Waals surface area contributed by atoms with E-state index in [9.17, 15) is 19.8 Å². The summed E-state index contributed by atoms with van der Waals surface area (Å²) in [4.78, 5) is 48.9. The summed E-state index contributed by atoms with van der Waals surface area (Å²) >= 11 is 0. The average Bonchev–Trinajstić information content (AvgIpc) is 3.96. The van der Waals surface area contributed by atoms with E-state index in [4.69, 9.17) is 23.7 Å². The lowest BCUT2D eigenvalue weighted by molar-refractivity contribution is -0.00286. The van der Waals surface area contributed by atoms with Gasteiger partial charge in [-0.1, -0.05) is 66.7 Å². The third-order valence-corrected chi connectivity index (χ3v) is 13.7. The zero-order chi connectivity index (χ0) is 43.1. The largest absolute Gasteiger partial charge is 0.504 e. The summed E-state index contributed by atoms with van der Waals surface area (Å²) in [5, 5.41) is 23.1. The van der Waals surface area contributed by atoms with Crippen LogP contribution < -0.4 is 18.9 Å². The first-order valence-electron chi connectivity index (χ1n) is 20.9. The van der Waals surface area contributed by atoms with Crippen LogP contribution in [0.3, 0.4) is 0 Å². The fourth-order valence-electron chi connectivity index (χ4n) is 10.9. The number of ether oxygens (including phenoxy) is 5. The number of phenolic OH excluding ortho intramolecular Hbond substituents is 1. The van der Waals surface area contributed by atoms with Crippen molar-refractivity contribution in [2.75, 3.05) is 47.8 Å². The molecule has 0 saturated carbocycles. The Morgan fingerprint density at radius 2 is 1.40 bits per heavy atom. The van der Waals surface area contributed by atoms with Gasteiger partial charge in [-0.15, -0.1) is 0 Å². The maximum Gasteiger partial charge on any atom is 0.410 e. The number of aliphatic hydroxyl groups is 1. The predicted octanol–water partition coefficient (Wildman–Crippen LogP) is 6.86. The van der Waals surface area contributed by atoms with Crippen LogP contribution in [0.1, 0.15) is 83.2 Å². The molecule has 4 aliphatic heterocycles. The fraction of sp³-hybridized carbons (Fsp3) is 0.327. The maximum atomic E-state index is 15.6. The van der Waals surface area contributed by atoms with Crippen LogP contribution in [-0.2, 0) is 17.6 Å². The smallest absolute Gasteiger partial charge is 0.410 e. The second-order valence-electron chi connectivity index (χ2n) is 16.7. The number of imide groups is 1. The van der Waals surface area contributed by atoms with Crippen LogP contribution in [0, 0.1) is 13.8 Å². The zero-order valence-electron chi connectivity index (χ0n) is 35.1. The number of nitrogens with zero attached hydrogens (tertiary/aromatic N) is 3. The first-order valence-corrected chi connectivity index (χ1v) is 20.9. The fourth-order valence-corrected chi connectivity index (χ4v) is 10.9. The molecule has 2 N–H and O–H groups in total. The molecule has 0 fully saturated rings. The third kappa shape index (κ3) is 5.78. The molecule has 3 amide bonds. The molecular weight excluding hydrogens is 791 g/mol. The highest BCUT2D eigenvalue weighted by Crippen LogP contribution is 2.56. The number of hydrogen-bond donors (Lipinski definition) is 2. The number of hydrogen-bond acceptors (Lipinski definition) is 11. The van der Waals surface area contributed by atoms with Gasteiger partial charge in [0.15, 0.2) is 23.0 Å². The van der Waals surface area contributed by atoms with Gasteiger partial charge in [0.25, 0.3) is 11.8 Å². The Morgan fingerprint density at radius 3 is 2.02 bits per heavy atom. The summed E-state index contributed by atoms with van der Waals surface area (Å²) in [7, 11) is 4.94. The van der Waals surface area contributed by atoms with Crippen LogP contribution >= 0.6 is 0 Å². The number of aliphatic hydroxyl groups excluding tert-OH is 1. The number of methoxy groups -OCH3 is 2. The minimum Gasteiger partial charge on any atom is -0.504 e. The van der Waals surface area contributed by atoms with Crippen molar-refractivity contribution in [2.45, 2.75) is 56.8 Å². The van der Waals surface area contributed by atoms with Crippen molar-refractivity contribution in [3.63, 3.8) is 0 Å². The van der Waals surface area contributed by atoms with Gasteiger partial charge in [0.1, 0.15) is 12.4 Å². The molecule has 318 valence electrons. The zero-order valence-corrected chi connectivity index (χ0v) is 35.1. The molecule has 0 radical (unpaired) electrons. The Hall–Kier alpha value is -6.57. The summed E-state index contributed by atoms with van der Waals surface area (Å²) < 4.78 is 30.8. The number of likely N-dealkylation sites (N-methyl/N-ethyl adjacent to an activating group) is 1. The molecule has 1 aliphatic carbocycles. The van der Waals surface area contributed by atoms with Crippen LogP contribution in [0.5, 0.6) is 28.7 Å². The number of carbonyl (C=O) groups excluding carboxylic acids is 3. The molecule has 62 heavy (non-hydrogen) atoms. The lowest BCUT2D eigenvalue weighted by atomic mass is 9.77. The van der Waals surface area contributed by atoms with Gasteiger partial charge in [-0.2, -0.15) is 0 Å². The number of aromatic hydroxyl groups is 1. The first-order chi connectivity index (χ1) is 30.1. The number of fused-ring (bicyclic) bond motifs is 8. The van der Waals surface area contributed by atoms with E-state index in [0.29, 0.717) is 51.7 Å². The van der Waals surface area contributed by atoms with Gasteiger partial charge in [-0.3, -0.25) is 24.3 Å². The van der Waals surface area contributed by atoms with Gasteiger partial charge in [-0.25, -0.2) is 4.79 Å². The molecule has 0 unspecified atom stereocenters. The molecule has 4 heterocycles. The normalized spacial score (nSPS) is 21.0. The van der Waals surface area contributed by atoms with Crippen LogP contribution in [0.2, 0.25) is 0 Å². The van der Waals surface area contributed by atoms with E-state index in [1.54, 1.807) is 36.3 Å². The van der Waals surface area contributed by atoms with Gasteiger partial charge in [0.05, 0.1) is 56.6 Å². The molecule has 5 aromatic carbocycles. The number of rotatable bonds is 8. The molecule has 0 saturated heterocycles. The van der Waals surface area contributed by atoms with Crippen LogP contribution in [-0.4, -0.2) is 103 Å². The van der Waals surface area contributed by atoms with E-state index in [1.807, 2.05) is 56.1 Å². The Kier molecular flexibility index (Phi) is 9.64. The Balaban J connectivity index is 1.17. The third-order valence-electron chi connectivity index (χ3n) is 13.7. The van der Waals surface area contributed by atoms with E-state index in [-0.39, 0.29) is 55.8 Å². The number of carbonyl (C=O) groups is 3. The lowest BCUT2D eigenvalue weighted by Gasteiger charge is -2.51. The van der Waals surface area contributed by atoms with Gasteiger partial charge in [0.2, 0.25) is 6.79 Å². The molecule has 0 aromatic heterocycles. The maximum absolute atomic E-state index is 15.6. The molecule has 5 aromatic rings. The number of amides is 3. The van der Waals surface area contributed by atoms with Gasteiger partial charge in [0, 0.05) is 34.2 Å². The monoisotopic (exact) mass is 837 g/mol.